The minimum atomic E-state index is 0.0888. The molecule has 0 saturated heterocycles. The molecule has 0 heterocycles. The Balaban J connectivity index is 3.17. The van der Waals surface area contributed by atoms with E-state index >= 15 is 0 Å². The Morgan fingerprint density at radius 3 is 2.65 bits per heavy atom. The van der Waals surface area contributed by atoms with Crippen molar-refractivity contribution in [3.05, 3.63) is 0 Å². The molecule has 0 aliphatic rings. The van der Waals surface area contributed by atoms with Crippen molar-refractivity contribution in [3.8, 4) is 12.3 Å². The van der Waals surface area contributed by atoms with Crippen molar-refractivity contribution in [2.45, 2.75) is 26.7 Å². The fraction of sp³-hybridized carbons (Fsp3) is 0.769. The van der Waals surface area contributed by atoms with Crippen molar-refractivity contribution in [1.29, 1.82) is 0 Å². The Morgan fingerprint density at radius 2 is 2.00 bits per heavy atom. The highest BCUT2D eigenvalue weighted by Crippen LogP contribution is 2.02. The van der Waals surface area contributed by atoms with Gasteiger partial charge >= 0.3 is 0 Å². The van der Waals surface area contributed by atoms with E-state index in [0.29, 0.717) is 45.3 Å². The van der Waals surface area contributed by atoms with Crippen LogP contribution in [0.25, 0.3) is 0 Å². The summed E-state index contributed by atoms with van der Waals surface area (Å²) in [5.74, 6) is 3.02. The molecule has 0 bridgehead atoms. The lowest BCUT2D eigenvalue weighted by atomic mass is 10.1. The highest BCUT2D eigenvalue weighted by Gasteiger charge is 2.02. The zero-order valence-corrected chi connectivity index (χ0v) is 10.8. The van der Waals surface area contributed by atoms with Crippen LogP contribution in [0.3, 0.4) is 0 Å². The molecule has 4 nitrogen and oxygen atoms in total. The molecule has 4 heteroatoms. The first-order chi connectivity index (χ1) is 8.16. The summed E-state index contributed by atoms with van der Waals surface area (Å²) in [6, 6.07) is 0. The normalized spacial score (nSPS) is 10.2. The number of carbonyl (C=O) groups excluding carboxylic acids is 1. The molecule has 0 aromatic heterocycles. The molecular formula is C13H23NO3. The Hall–Kier alpha value is -1.05. The van der Waals surface area contributed by atoms with Crippen LogP contribution in [0.5, 0.6) is 0 Å². The van der Waals surface area contributed by atoms with Gasteiger partial charge in [0.2, 0.25) is 5.91 Å². The number of hydrogen-bond acceptors (Lipinski definition) is 3. The summed E-state index contributed by atoms with van der Waals surface area (Å²) in [6.45, 7) is 6.57. The Morgan fingerprint density at radius 1 is 1.29 bits per heavy atom. The van der Waals surface area contributed by atoms with Crippen LogP contribution in [-0.4, -0.2) is 38.9 Å². The fourth-order valence-electron chi connectivity index (χ4n) is 1.12. The molecule has 0 aliphatic heterocycles. The molecule has 0 aromatic carbocycles. The van der Waals surface area contributed by atoms with Crippen LogP contribution >= 0.6 is 0 Å². The summed E-state index contributed by atoms with van der Waals surface area (Å²) in [5.41, 5.74) is 0. The van der Waals surface area contributed by atoms with E-state index in [1.54, 1.807) is 0 Å². The second-order valence-corrected chi connectivity index (χ2v) is 4.15. The van der Waals surface area contributed by atoms with Gasteiger partial charge in [0.1, 0.15) is 6.61 Å². The summed E-state index contributed by atoms with van der Waals surface area (Å²) in [7, 11) is 0. The molecule has 0 spiro atoms. The highest BCUT2D eigenvalue weighted by atomic mass is 16.5. The van der Waals surface area contributed by atoms with E-state index in [2.05, 4.69) is 25.1 Å². The standard InChI is InChI=1S/C13H23NO3/c1-4-8-16-10-11-17-9-7-14-13(15)6-5-12(2)3/h1,12H,5-11H2,2-3H3,(H,14,15). The van der Waals surface area contributed by atoms with Gasteiger partial charge in [0, 0.05) is 13.0 Å². The quantitative estimate of drug-likeness (QED) is 0.462. The lowest BCUT2D eigenvalue weighted by Gasteiger charge is -2.07. The van der Waals surface area contributed by atoms with E-state index in [9.17, 15) is 4.79 Å². The van der Waals surface area contributed by atoms with Crippen molar-refractivity contribution >= 4 is 5.91 Å². The van der Waals surface area contributed by atoms with Gasteiger partial charge in [-0.2, -0.15) is 0 Å². The van der Waals surface area contributed by atoms with E-state index in [0.717, 1.165) is 6.42 Å². The summed E-state index contributed by atoms with van der Waals surface area (Å²) in [5, 5.41) is 2.80. The zero-order chi connectivity index (χ0) is 12.9. The third kappa shape index (κ3) is 12.9. The van der Waals surface area contributed by atoms with Crippen LogP contribution in [0, 0.1) is 18.3 Å². The second kappa shape index (κ2) is 11.4. The van der Waals surface area contributed by atoms with Gasteiger partial charge in [0.25, 0.3) is 0 Å². The maximum atomic E-state index is 11.3. The smallest absolute Gasteiger partial charge is 0.220 e. The number of carbonyl (C=O) groups is 1. The first kappa shape index (κ1) is 16.0. The van der Waals surface area contributed by atoms with Crippen LogP contribution in [0.2, 0.25) is 0 Å². The molecule has 1 N–H and O–H groups in total. The molecule has 0 fully saturated rings. The maximum Gasteiger partial charge on any atom is 0.220 e. The Bertz CT molecular complexity index is 233. The van der Waals surface area contributed by atoms with Gasteiger partial charge in [-0.3, -0.25) is 4.79 Å². The summed E-state index contributed by atoms with van der Waals surface area (Å²) < 4.78 is 10.3. The van der Waals surface area contributed by atoms with Gasteiger partial charge in [-0.15, -0.1) is 6.42 Å². The van der Waals surface area contributed by atoms with Gasteiger partial charge in [0.05, 0.1) is 19.8 Å². The van der Waals surface area contributed by atoms with Crippen molar-refractivity contribution in [3.63, 3.8) is 0 Å². The average molecular weight is 241 g/mol. The summed E-state index contributed by atoms with van der Waals surface area (Å²) >= 11 is 0. The van der Waals surface area contributed by atoms with Crippen LogP contribution in [0.1, 0.15) is 26.7 Å². The molecular weight excluding hydrogens is 218 g/mol. The number of rotatable bonds is 10. The SMILES string of the molecule is C#CCOCCOCCNC(=O)CCC(C)C. The lowest BCUT2D eigenvalue weighted by molar-refractivity contribution is -0.121. The van der Waals surface area contributed by atoms with Gasteiger partial charge in [-0.25, -0.2) is 0 Å². The molecule has 0 aliphatic carbocycles. The van der Waals surface area contributed by atoms with Gasteiger partial charge in [0.15, 0.2) is 0 Å². The van der Waals surface area contributed by atoms with E-state index in [4.69, 9.17) is 15.9 Å². The van der Waals surface area contributed by atoms with E-state index in [1.807, 2.05) is 0 Å². The highest BCUT2D eigenvalue weighted by molar-refractivity contribution is 5.75. The van der Waals surface area contributed by atoms with Crippen molar-refractivity contribution in [2.24, 2.45) is 5.92 Å². The predicted molar refractivity (Wildman–Crippen MR) is 67.6 cm³/mol. The molecule has 98 valence electrons. The lowest BCUT2D eigenvalue weighted by Crippen LogP contribution is -2.27. The van der Waals surface area contributed by atoms with Crippen molar-refractivity contribution in [1.82, 2.24) is 5.32 Å². The van der Waals surface area contributed by atoms with E-state index in [-0.39, 0.29) is 5.91 Å². The first-order valence-corrected chi connectivity index (χ1v) is 6.02. The fourth-order valence-corrected chi connectivity index (χ4v) is 1.12. The number of amides is 1. The maximum absolute atomic E-state index is 11.3. The second-order valence-electron chi connectivity index (χ2n) is 4.15. The van der Waals surface area contributed by atoms with E-state index < -0.39 is 0 Å². The largest absolute Gasteiger partial charge is 0.377 e. The van der Waals surface area contributed by atoms with Crippen LogP contribution in [-0.2, 0) is 14.3 Å². The topological polar surface area (TPSA) is 47.6 Å². The van der Waals surface area contributed by atoms with Crippen LogP contribution in [0.4, 0.5) is 0 Å². The molecule has 0 unspecified atom stereocenters. The average Bonchev–Trinajstić information content (AvgIpc) is 2.30. The van der Waals surface area contributed by atoms with Crippen LogP contribution in [0.15, 0.2) is 0 Å². The molecule has 0 rings (SSSR count). The number of ether oxygens (including phenoxy) is 2. The third-order valence-electron chi connectivity index (χ3n) is 2.07. The van der Waals surface area contributed by atoms with Crippen molar-refractivity contribution in [2.75, 3.05) is 33.0 Å². The monoisotopic (exact) mass is 241 g/mol. The van der Waals surface area contributed by atoms with Gasteiger partial charge < -0.3 is 14.8 Å². The molecule has 1 amide bonds. The van der Waals surface area contributed by atoms with E-state index in [1.165, 1.54) is 0 Å². The number of hydrogen-bond donors (Lipinski definition) is 1. The molecule has 17 heavy (non-hydrogen) atoms. The third-order valence-corrected chi connectivity index (χ3v) is 2.07. The van der Waals surface area contributed by atoms with Gasteiger partial charge in [-0.05, 0) is 12.3 Å². The molecule has 0 saturated carbocycles. The Labute approximate surface area is 104 Å². The molecule has 0 aromatic rings. The minimum absolute atomic E-state index is 0.0888. The Kier molecular flexibility index (Phi) is 10.7. The van der Waals surface area contributed by atoms with Gasteiger partial charge in [-0.1, -0.05) is 19.8 Å². The number of nitrogens with one attached hydrogen (secondary N) is 1. The zero-order valence-electron chi connectivity index (χ0n) is 10.8. The number of terminal acetylenes is 1. The molecule has 0 radical (unpaired) electrons. The van der Waals surface area contributed by atoms with Crippen LogP contribution < -0.4 is 5.32 Å². The minimum Gasteiger partial charge on any atom is -0.377 e. The summed E-state index contributed by atoms with van der Waals surface area (Å²) in [6.07, 6.45) is 6.52. The predicted octanol–water partition coefficient (Wildman–Crippen LogP) is 1.21. The summed E-state index contributed by atoms with van der Waals surface area (Å²) in [4.78, 5) is 11.3. The first-order valence-electron chi connectivity index (χ1n) is 6.02. The van der Waals surface area contributed by atoms with Crippen molar-refractivity contribution < 1.29 is 14.3 Å². The molecule has 0 atom stereocenters.